The van der Waals surface area contributed by atoms with E-state index in [2.05, 4.69) is 5.10 Å². The van der Waals surface area contributed by atoms with Gasteiger partial charge < -0.3 is 5.11 Å². The molecule has 0 spiro atoms. The average molecular weight is 340 g/mol. The molecule has 0 aromatic heterocycles. The summed E-state index contributed by atoms with van der Waals surface area (Å²) < 4.78 is 41.0. The fourth-order valence-electron chi connectivity index (χ4n) is 3.49. The molecule has 1 heterocycles. The number of carbonyl (C=O) groups excluding carboxylic acids is 1. The molecular weight excluding hydrogens is 321 g/mol. The monoisotopic (exact) mass is 340 g/mol. The van der Waals surface area contributed by atoms with Crippen molar-refractivity contribution >= 4 is 11.6 Å². The summed E-state index contributed by atoms with van der Waals surface area (Å²) in [6, 6.07) is 8.49. The van der Waals surface area contributed by atoms with Crippen molar-refractivity contribution in [1.29, 1.82) is 0 Å². The Hall–Kier alpha value is -1.89. The third-order valence-corrected chi connectivity index (χ3v) is 4.72. The van der Waals surface area contributed by atoms with Gasteiger partial charge in [-0.05, 0) is 24.8 Å². The summed E-state index contributed by atoms with van der Waals surface area (Å²) in [4.78, 5) is 12.5. The van der Waals surface area contributed by atoms with E-state index in [9.17, 15) is 23.1 Å². The zero-order chi connectivity index (χ0) is 17.4. The van der Waals surface area contributed by atoms with Gasteiger partial charge in [0.1, 0.15) is 0 Å². The summed E-state index contributed by atoms with van der Waals surface area (Å²) in [6.07, 6.45) is -2.50. The van der Waals surface area contributed by atoms with Crippen molar-refractivity contribution in [2.45, 2.75) is 50.4 Å². The molecule has 1 amide bonds. The smallest absolute Gasteiger partial charge is 0.362 e. The predicted molar refractivity (Wildman–Crippen MR) is 82.0 cm³/mol. The highest BCUT2D eigenvalue weighted by atomic mass is 19.4. The number of nitrogens with zero attached hydrogens (tertiary/aromatic N) is 2. The Morgan fingerprint density at radius 1 is 1.25 bits per heavy atom. The molecule has 24 heavy (non-hydrogen) atoms. The summed E-state index contributed by atoms with van der Waals surface area (Å²) in [5, 5.41) is 14.7. The number of amides is 1. The molecule has 0 radical (unpaired) electrons. The molecule has 1 aromatic carbocycles. The van der Waals surface area contributed by atoms with Gasteiger partial charge in [0, 0.05) is 5.71 Å². The summed E-state index contributed by atoms with van der Waals surface area (Å²) in [6.45, 7) is 0. The highest BCUT2D eigenvalue weighted by molar-refractivity contribution is 5.93. The van der Waals surface area contributed by atoms with Gasteiger partial charge in [0.25, 0.3) is 5.72 Å². The molecule has 0 saturated heterocycles. The highest BCUT2D eigenvalue weighted by Gasteiger charge is 2.68. The van der Waals surface area contributed by atoms with E-state index >= 15 is 0 Å². The minimum Gasteiger partial charge on any atom is -0.362 e. The predicted octanol–water partition coefficient (Wildman–Crippen LogP) is 3.26. The minimum absolute atomic E-state index is 0.184. The van der Waals surface area contributed by atoms with Gasteiger partial charge in [-0.1, -0.05) is 43.2 Å². The lowest BCUT2D eigenvalue weighted by molar-refractivity contribution is -0.316. The molecular formula is C17H19F3N2O2. The van der Waals surface area contributed by atoms with E-state index in [1.54, 1.807) is 30.3 Å². The first-order valence-electron chi connectivity index (χ1n) is 8.07. The fourth-order valence-corrected chi connectivity index (χ4v) is 3.49. The van der Waals surface area contributed by atoms with Gasteiger partial charge in [0.2, 0.25) is 5.91 Å². The summed E-state index contributed by atoms with van der Waals surface area (Å²) in [5.41, 5.74) is -2.37. The van der Waals surface area contributed by atoms with E-state index in [1.165, 1.54) is 0 Å². The second-order valence-corrected chi connectivity index (χ2v) is 6.34. The molecule has 1 saturated carbocycles. The van der Waals surface area contributed by atoms with Gasteiger partial charge in [-0.15, -0.1) is 0 Å². The van der Waals surface area contributed by atoms with Crippen LogP contribution in [0.4, 0.5) is 13.2 Å². The maximum Gasteiger partial charge on any atom is 0.439 e. The van der Waals surface area contributed by atoms with Gasteiger partial charge in [-0.25, -0.2) is 0 Å². The van der Waals surface area contributed by atoms with Gasteiger partial charge >= 0.3 is 6.18 Å². The van der Waals surface area contributed by atoms with Crippen LogP contribution in [0.2, 0.25) is 0 Å². The first kappa shape index (κ1) is 17.0. The van der Waals surface area contributed by atoms with Gasteiger partial charge in [-0.2, -0.15) is 23.3 Å². The molecule has 2 aliphatic rings. The number of carbonyl (C=O) groups is 1. The summed E-state index contributed by atoms with van der Waals surface area (Å²) in [7, 11) is 0. The molecule has 4 nitrogen and oxygen atoms in total. The van der Waals surface area contributed by atoms with Crippen LogP contribution in [0, 0.1) is 5.92 Å². The largest absolute Gasteiger partial charge is 0.439 e. The number of alkyl halides is 3. The lowest BCUT2D eigenvalue weighted by Crippen LogP contribution is -2.61. The number of halogens is 3. The van der Waals surface area contributed by atoms with Crippen molar-refractivity contribution in [2.24, 2.45) is 11.0 Å². The third kappa shape index (κ3) is 2.81. The maximum absolute atomic E-state index is 13.7. The van der Waals surface area contributed by atoms with Gasteiger partial charge in [-0.3, -0.25) is 4.79 Å². The van der Waals surface area contributed by atoms with E-state index < -0.39 is 23.7 Å². The summed E-state index contributed by atoms with van der Waals surface area (Å²) >= 11 is 0. The SMILES string of the molecule is O=C(Cc1ccccc1)N1N=C2CCCCC[C@@H]2[C@]1(O)C(F)(F)F. The first-order chi connectivity index (χ1) is 11.3. The Labute approximate surface area is 138 Å². The van der Waals surface area contributed by atoms with E-state index in [1.807, 2.05) is 0 Å². The van der Waals surface area contributed by atoms with E-state index in [-0.39, 0.29) is 23.6 Å². The normalized spacial score (nSPS) is 27.4. The summed E-state index contributed by atoms with van der Waals surface area (Å²) in [5.74, 6) is -2.01. The van der Waals surface area contributed by atoms with Gasteiger partial charge in [0.05, 0.1) is 12.3 Å². The lowest BCUT2D eigenvalue weighted by atomic mass is 9.87. The van der Waals surface area contributed by atoms with Crippen LogP contribution in [0.3, 0.4) is 0 Å². The Kier molecular flexibility index (Phi) is 4.38. The van der Waals surface area contributed by atoms with E-state index in [4.69, 9.17) is 0 Å². The maximum atomic E-state index is 13.7. The Morgan fingerprint density at radius 2 is 1.96 bits per heavy atom. The number of rotatable bonds is 2. The number of hydrogen-bond acceptors (Lipinski definition) is 3. The van der Waals surface area contributed by atoms with Crippen LogP contribution < -0.4 is 0 Å². The molecule has 0 bridgehead atoms. The fraction of sp³-hybridized carbons (Fsp3) is 0.529. The van der Waals surface area contributed by atoms with Crippen molar-refractivity contribution in [3.8, 4) is 0 Å². The van der Waals surface area contributed by atoms with Crippen LogP contribution in [0.15, 0.2) is 35.4 Å². The second kappa shape index (κ2) is 6.20. The molecule has 1 N–H and O–H groups in total. The number of hydrogen-bond donors (Lipinski definition) is 1. The highest BCUT2D eigenvalue weighted by Crippen LogP contribution is 2.47. The number of fused-ring (bicyclic) bond motifs is 1. The van der Waals surface area contributed by atoms with E-state index in [0.717, 1.165) is 12.8 Å². The average Bonchev–Trinajstić information content (AvgIpc) is 2.69. The first-order valence-corrected chi connectivity index (χ1v) is 8.07. The van der Waals surface area contributed by atoms with Crippen LogP contribution in [0.25, 0.3) is 0 Å². The molecule has 1 fully saturated rings. The Balaban J connectivity index is 1.93. The third-order valence-electron chi connectivity index (χ3n) is 4.72. The van der Waals surface area contributed by atoms with Crippen molar-refractivity contribution in [2.75, 3.05) is 0 Å². The van der Waals surface area contributed by atoms with Crippen LogP contribution in [0.1, 0.15) is 37.7 Å². The molecule has 3 rings (SSSR count). The van der Waals surface area contributed by atoms with Crippen LogP contribution >= 0.6 is 0 Å². The van der Waals surface area contributed by atoms with Crippen molar-refractivity contribution in [3.63, 3.8) is 0 Å². The Bertz CT molecular complexity index is 645. The minimum atomic E-state index is -4.96. The van der Waals surface area contributed by atoms with Crippen LogP contribution in [-0.4, -0.2) is 33.6 Å². The molecule has 1 aliphatic carbocycles. The van der Waals surface area contributed by atoms with Gasteiger partial charge in [0.15, 0.2) is 0 Å². The zero-order valence-corrected chi connectivity index (χ0v) is 13.1. The Morgan fingerprint density at radius 3 is 2.62 bits per heavy atom. The molecule has 1 aromatic rings. The van der Waals surface area contributed by atoms with Crippen molar-refractivity contribution in [1.82, 2.24) is 5.01 Å². The standard InChI is InChI=1S/C17H19F3N2O2/c18-17(19,20)16(24)13-9-5-2-6-10-14(13)21-22(16)15(23)11-12-7-3-1-4-8-12/h1,3-4,7-8,13,24H,2,5-6,9-11H2/t13-,16-/m0/s1. The lowest BCUT2D eigenvalue weighted by Gasteiger charge is -2.37. The molecule has 2 atom stereocenters. The van der Waals surface area contributed by atoms with E-state index in [0.29, 0.717) is 18.4 Å². The molecule has 130 valence electrons. The van der Waals surface area contributed by atoms with Crippen molar-refractivity contribution < 1.29 is 23.1 Å². The molecule has 1 aliphatic heterocycles. The number of aliphatic hydroxyl groups is 1. The molecule has 0 unspecified atom stereocenters. The number of hydrazone groups is 1. The quantitative estimate of drug-likeness (QED) is 0.898. The topological polar surface area (TPSA) is 52.9 Å². The van der Waals surface area contributed by atoms with Crippen LogP contribution in [-0.2, 0) is 11.2 Å². The zero-order valence-electron chi connectivity index (χ0n) is 13.1. The molecule has 7 heteroatoms. The van der Waals surface area contributed by atoms with Crippen LogP contribution in [0.5, 0.6) is 0 Å². The second-order valence-electron chi connectivity index (χ2n) is 6.34. The van der Waals surface area contributed by atoms with Crippen molar-refractivity contribution in [3.05, 3.63) is 35.9 Å². The number of benzene rings is 1.